The van der Waals surface area contributed by atoms with Crippen LogP contribution in [0.5, 0.6) is 0 Å². The number of hydrogen-bond acceptors (Lipinski definition) is 2. The number of rotatable bonds is 4. The minimum atomic E-state index is 0.256. The van der Waals surface area contributed by atoms with E-state index in [0.717, 1.165) is 11.0 Å². The van der Waals surface area contributed by atoms with Gasteiger partial charge in [0.1, 0.15) is 0 Å². The van der Waals surface area contributed by atoms with E-state index in [2.05, 4.69) is 74.4 Å². The molecule has 0 fully saturated rings. The van der Waals surface area contributed by atoms with Gasteiger partial charge in [0.05, 0.1) is 9.83 Å². The lowest BCUT2D eigenvalue weighted by Crippen LogP contribution is -2.21. The second-order valence-electron chi connectivity index (χ2n) is 3.65. The third-order valence-corrected chi connectivity index (χ3v) is 4.91. The molecular weight excluding hydrogens is 362 g/mol. The van der Waals surface area contributed by atoms with E-state index in [1.54, 1.807) is 11.3 Å². The summed E-state index contributed by atoms with van der Waals surface area (Å²) in [6, 6.07) is 12.9. The maximum atomic E-state index is 3.62. The van der Waals surface area contributed by atoms with E-state index < -0.39 is 0 Å². The quantitative estimate of drug-likeness (QED) is 0.796. The van der Waals surface area contributed by atoms with Gasteiger partial charge in [-0.15, -0.1) is 11.3 Å². The van der Waals surface area contributed by atoms with Crippen molar-refractivity contribution in [2.45, 2.75) is 13.0 Å². The summed E-state index contributed by atoms with van der Waals surface area (Å²) in [5, 5.41) is 3.53. The lowest BCUT2D eigenvalue weighted by Gasteiger charge is -2.18. The Labute approximate surface area is 123 Å². The molecule has 2 rings (SSSR count). The first-order valence-corrected chi connectivity index (χ1v) is 7.85. The normalized spacial score (nSPS) is 12.6. The Morgan fingerprint density at radius 1 is 1.18 bits per heavy atom. The summed E-state index contributed by atoms with van der Waals surface area (Å²) >= 11 is 8.92. The molecule has 0 radical (unpaired) electrons. The van der Waals surface area contributed by atoms with Crippen molar-refractivity contribution in [1.29, 1.82) is 0 Å². The molecule has 2 aromatic rings. The summed E-state index contributed by atoms with van der Waals surface area (Å²) in [7, 11) is 0. The fraction of sp³-hybridized carbons (Fsp3) is 0.231. The van der Waals surface area contributed by atoms with Crippen LogP contribution < -0.4 is 5.32 Å². The molecule has 1 unspecified atom stereocenters. The zero-order valence-corrected chi connectivity index (χ0v) is 13.4. The van der Waals surface area contributed by atoms with Crippen LogP contribution in [0.4, 0.5) is 0 Å². The average molecular weight is 375 g/mol. The molecule has 17 heavy (non-hydrogen) atoms. The zero-order valence-electron chi connectivity index (χ0n) is 9.41. The molecule has 0 saturated heterocycles. The molecular formula is C13H13Br2NS. The van der Waals surface area contributed by atoms with Crippen LogP contribution in [0, 0.1) is 0 Å². The van der Waals surface area contributed by atoms with Crippen LogP contribution in [-0.2, 0) is 0 Å². The number of benzene rings is 1. The first-order chi connectivity index (χ1) is 8.22. The SMILES string of the molecule is CCNC(c1ccc(Br)s1)c1ccccc1Br. The van der Waals surface area contributed by atoms with Gasteiger partial charge in [0, 0.05) is 9.35 Å². The summed E-state index contributed by atoms with van der Waals surface area (Å²) < 4.78 is 2.32. The van der Waals surface area contributed by atoms with Crippen LogP contribution in [0.25, 0.3) is 0 Å². The van der Waals surface area contributed by atoms with Gasteiger partial charge in [-0.3, -0.25) is 0 Å². The largest absolute Gasteiger partial charge is 0.306 e. The van der Waals surface area contributed by atoms with Crippen LogP contribution >= 0.6 is 43.2 Å². The number of nitrogens with one attached hydrogen (secondary N) is 1. The van der Waals surface area contributed by atoms with E-state index in [9.17, 15) is 0 Å². The molecule has 0 aliphatic carbocycles. The predicted molar refractivity (Wildman–Crippen MR) is 81.7 cm³/mol. The molecule has 0 bridgehead atoms. The lowest BCUT2D eigenvalue weighted by molar-refractivity contribution is 0.637. The van der Waals surface area contributed by atoms with Gasteiger partial charge in [0.25, 0.3) is 0 Å². The highest BCUT2D eigenvalue weighted by atomic mass is 79.9. The molecule has 4 heteroatoms. The smallest absolute Gasteiger partial charge is 0.0702 e. The maximum absolute atomic E-state index is 3.62. The second-order valence-corrected chi connectivity index (χ2v) is 7.00. The predicted octanol–water partition coefficient (Wildman–Crippen LogP) is 4.97. The average Bonchev–Trinajstić information content (AvgIpc) is 2.74. The van der Waals surface area contributed by atoms with E-state index in [1.165, 1.54) is 14.2 Å². The van der Waals surface area contributed by atoms with Crippen LogP contribution in [0.2, 0.25) is 0 Å². The van der Waals surface area contributed by atoms with Crippen molar-refractivity contribution < 1.29 is 0 Å². The topological polar surface area (TPSA) is 12.0 Å². The Morgan fingerprint density at radius 2 is 1.94 bits per heavy atom. The molecule has 0 amide bonds. The Hall–Kier alpha value is -0.160. The maximum Gasteiger partial charge on any atom is 0.0702 e. The van der Waals surface area contributed by atoms with Crippen LogP contribution in [-0.4, -0.2) is 6.54 Å². The number of thiophene rings is 1. The first-order valence-electron chi connectivity index (χ1n) is 5.45. The van der Waals surface area contributed by atoms with Gasteiger partial charge in [-0.25, -0.2) is 0 Å². The van der Waals surface area contributed by atoms with E-state index in [-0.39, 0.29) is 6.04 Å². The summed E-state index contributed by atoms with van der Waals surface area (Å²) in [5.41, 5.74) is 1.28. The van der Waals surface area contributed by atoms with Gasteiger partial charge in [-0.2, -0.15) is 0 Å². The third kappa shape index (κ3) is 3.19. The molecule has 1 N–H and O–H groups in total. The molecule has 90 valence electrons. The zero-order chi connectivity index (χ0) is 12.3. The van der Waals surface area contributed by atoms with Gasteiger partial charge in [-0.1, -0.05) is 41.1 Å². The molecule has 1 nitrogen and oxygen atoms in total. The number of halogens is 2. The molecule has 0 saturated carbocycles. The third-order valence-electron chi connectivity index (χ3n) is 2.50. The Bertz CT molecular complexity index is 496. The molecule has 1 atom stereocenters. The second kappa shape index (κ2) is 6.14. The lowest BCUT2D eigenvalue weighted by atomic mass is 10.1. The van der Waals surface area contributed by atoms with Gasteiger partial charge in [0.15, 0.2) is 0 Å². The van der Waals surface area contributed by atoms with Crippen molar-refractivity contribution in [3.8, 4) is 0 Å². The number of hydrogen-bond donors (Lipinski definition) is 1. The van der Waals surface area contributed by atoms with Crippen molar-refractivity contribution in [2.24, 2.45) is 0 Å². The van der Waals surface area contributed by atoms with Crippen molar-refractivity contribution in [1.82, 2.24) is 5.32 Å². The van der Waals surface area contributed by atoms with Gasteiger partial charge in [0.2, 0.25) is 0 Å². The van der Waals surface area contributed by atoms with Crippen molar-refractivity contribution in [2.75, 3.05) is 6.54 Å². The molecule has 1 heterocycles. The Balaban J connectivity index is 2.39. The van der Waals surface area contributed by atoms with Crippen LogP contribution in [0.3, 0.4) is 0 Å². The monoisotopic (exact) mass is 373 g/mol. The summed E-state index contributed by atoms with van der Waals surface area (Å²) in [4.78, 5) is 1.32. The minimum absolute atomic E-state index is 0.256. The van der Waals surface area contributed by atoms with Gasteiger partial charge >= 0.3 is 0 Å². The van der Waals surface area contributed by atoms with Crippen molar-refractivity contribution >= 4 is 43.2 Å². The summed E-state index contributed by atoms with van der Waals surface area (Å²) in [5.74, 6) is 0. The Kier molecular flexibility index (Phi) is 4.79. The van der Waals surface area contributed by atoms with E-state index in [1.807, 2.05) is 6.07 Å². The first kappa shape index (κ1) is 13.3. The molecule has 0 aliphatic rings. The van der Waals surface area contributed by atoms with Crippen LogP contribution in [0.15, 0.2) is 44.7 Å². The highest BCUT2D eigenvalue weighted by molar-refractivity contribution is 9.11. The molecule has 0 aliphatic heterocycles. The minimum Gasteiger partial charge on any atom is -0.306 e. The fourth-order valence-corrected chi connectivity index (χ4v) is 3.79. The van der Waals surface area contributed by atoms with E-state index >= 15 is 0 Å². The molecule has 1 aromatic heterocycles. The molecule has 1 aromatic carbocycles. The van der Waals surface area contributed by atoms with Gasteiger partial charge < -0.3 is 5.32 Å². The fourth-order valence-electron chi connectivity index (χ4n) is 1.76. The summed E-state index contributed by atoms with van der Waals surface area (Å²) in [6.45, 7) is 3.08. The molecule has 0 spiro atoms. The standard InChI is InChI=1S/C13H13Br2NS/c1-2-16-13(11-7-8-12(15)17-11)9-5-3-4-6-10(9)14/h3-8,13,16H,2H2,1H3. The van der Waals surface area contributed by atoms with E-state index in [4.69, 9.17) is 0 Å². The van der Waals surface area contributed by atoms with Crippen LogP contribution in [0.1, 0.15) is 23.4 Å². The Morgan fingerprint density at radius 3 is 2.53 bits per heavy atom. The highest BCUT2D eigenvalue weighted by Gasteiger charge is 2.16. The van der Waals surface area contributed by atoms with Gasteiger partial charge in [-0.05, 0) is 46.2 Å². The highest BCUT2D eigenvalue weighted by Crippen LogP contribution is 2.34. The summed E-state index contributed by atoms with van der Waals surface area (Å²) in [6.07, 6.45) is 0. The van der Waals surface area contributed by atoms with Crippen molar-refractivity contribution in [3.05, 3.63) is 55.1 Å². The van der Waals surface area contributed by atoms with Crippen molar-refractivity contribution in [3.63, 3.8) is 0 Å². The van der Waals surface area contributed by atoms with E-state index in [0.29, 0.717) is 0 Å².